The molecule has 1 heterocycles. The fourth-order valence-corrected chi connectivity index (χ4v) is 2.96. The molecule has 0 bridgehead atoms. The second-order valence-corrected chi connectivity index (χ2v) is 6.43. The summed E-state index contributed by atoms with van der Waals surface area (Å²) in [6.07, 6.45) is 0. The number of hydrogen-bond donors (Lipinski definition) is 4. The van der Waals surface area contributed by atoms with Gasteiger partial charge in [0.25, 0.3) is 0 Å². The minimum absolute atomic E-state index is 0. The van der Waals surface area contributed by atoms with E-state index in [0.29, 0.717) is 5.56 Å². The van der Waals surface area contributed by atoms with Gasteiger partial charge in [-0.25, -0.2) is 0 Å². The number of nitrogens with one attached hydrogen (secondary N) is 1. The van der Waals surface area contributed by atoms with Crippen LogP contribution in [0.3, 0.4) is 0 Å². The molecule has 1 fully saturated rings. The second-order valence-electron chi connectivity index (χ2n) is 6.43. The van der Waals surface area contributed by atoms with Crippen LogP contribution < -0.4 is 5.32 Å². The Morgan fingerprint density at radius 2 is 1.55 bits per heavy atom. The zero-order chi connectivity index (χ0) is 14.9. The largest absolute Gasteiger partial charge is 0.504 e. The molecule has 1 saturated heterocycles. The number of halogens is 2. The zero-order valence-electron chi connectivity index (χ0n) is 13.2. The lowest BCUT2D eigenvalue weighted by atomic mass is 9.80. The van der Waals surface area contributed by atoms with Gasteiger partial charge in [0.05, 0.1) is 0 Å². The third-order valence-electron chi connectivity index (χ3n) is 3.79. The standard InChI is InChI=1S/C15H24N2O3.2ClH/c1-15(2,3)14(17-8-6-16-7-9-17)10-4-5-11(18)13(20)12(10)19;;/h4-5,14,16,18-20H,6-9H2,1-3H3;2*1H/t14-;;/m0../s1. The van der Waals surface area contributed by atoms with Crippen LogP contribution in [0.5, 0.6) is 17.2 Å². The summed E-state index contributed by atoms with van der Waals surface area (Å²) in [7, 11) is 0. The van der Waals surface area contributed by atoms with Crippen molar-refractivity contribution in [3.05, 3.63) is 17.7 Å². The van der Waals surface area contributed by atoms with Gasteiger partial charge in [0.2, 0.25) is 5.75 Å². The van der Waals surface area contributed by atoms with Gasteiger partial charge in [-0.15, -0.1) is 24.8 Å². The van der Waals surface area contributed by atoms with Gasteiger partial charge in [0.15, 0.2) is 11.5 Å². The lowest BCUT2D eigenvalue weighted by Crippen LogP contribution is -2.48. The number of nitrogens with zero attached hydrogens (tertiary/aromatic N) is 1. The van der Waals surface area contributed by atoms with Crippen molar-refractivity contribution in [1.29, 1.82) is 0 Å². The van der Waals surface area contributed by atoms with Crippen LogP contribution in [0, 0.1) is 5.41 Å². The molecule has 0 amide bonds. The molecule has 5 nitrogen and oxygen atoms in total. The molecule has 2 rings (SSSR count). The van der Waals surface area contributed by atoms with E-state index in [1.807, 2.05) is 0 Å². The molecule has 0 spiro atoms. The maximum Gasteiger partial charge on any atom is 0.200 e. The van der Waals surface area contributed by atoms with Crippen molar-refractivity contribution in [2.45, 2.75) is 26.8 Å². The Bertz CT molecular complexity index is 486. The molecular formula is C15H26Cl2N2O3. The lowest BCUT2D eigenvalue weighted by molar-refractivity contribution is 0.0838. The summed E-state index contributed by atoms with van der Waals surface area (Å²) in [6, 6.07) is 3.12. The molecule has 4 N–H and O–H groups in total. The molecular weight excluding hydrogens is 327 g/mol. The number of phenolic OH excluding ortho intramolecular Hbond substituents is 3. The molecule has 128 valence electrons. The summed E-state index contributed by atoms with van der Waals surface area (Å²) in [4.78, 5) is 2.31. The van der Waals surface area contributed by atoms with Crippen LogP contribution in [0.4, 0.5) is 0 Å². The minimum atomic E-state index is -0.438. The lowest BCUT2D eigenvalue weighted by Gasteiger charge is -2.42. The van der Waals surface area contributed by atoms with Crippen molar-refractivity contribution in [1.82, 2.24) is 10.2 Å². The Labute approximate surface area is 144 Å². The summed E-state index contributed by atoms with van der Waals surface area (Å²) >= 11 is 0. The van der Waals surface area contributed by atoms with Crippen molar-refractivity contribution in [3.63, 3.8) is 0 Å². The number of piperazine rings is 1. The average molecular weight is 353 g/mol. The summed E-state index contributed by atoms with van der Waals surface area (Å²) in [5, 5.41) is 32.8. The highest BCUT2D eigenvalue weighted by molar-refractivity contribution is 5.85. The molecule has 1 aliphatic heterocycles. The molecule has 0 unspecified atom stereocenters. The van der Waals surface area contributed by atoms with Crippen LogP contribution in [0.2, 0.25) is 0 Å². The van der Waals surface area contributed by atoms with Crippen molar-refractivity contribution in [2.24, 2.45) is 5.41 Å². The van der Waals surface area contributed by atoms with Crippen molar-refractivity contribution in [3.8, 4) is 17.2 Å². The van der Waals surface area contributed by atoms with Gasteiger partial charge in [-0.05, 0) is 17.5 Å². The summed E-state index contributed by atoms with van der Waals surface area (Å²) in [6.45, 7) is 9.95. The molecule has 1 aromatic carbocycles. The first-order valence-electron chi connectivity index (χ1n) is 7.01. The number of phenols is 3. The quantitative estimate of drug-likeness (QED) is 0.615. The van der Waals surface area contributed by atoms with E-state index in [9.17, 15) is 15.3 Å². The predicted octanol–water partition coefficient (Wildman–Crippen LogP) is 2.64. The van der Waals surface area contributed by atoms with Crippen LogP contribution in [-0.2, 0) is 0 Å². The third-order valence-corrected chi connectivity index (χ3v) is 3.79. The first-order valence-corrected chi connectivity index (χ1v) is 7.01. The van der Waals surface area contributed by atoms with E-state index in [2.05, 4.69) is 31.0 Å². The molecule has 0 radical (unpaired) electrons. The fraction of sp³-hybridized carbons (Fsp3) is 0.600. The zero-order valence-corrected chi connectivity index (χ0v) is 14.8. The van der Waals surface area contributed by atoms with Crippen LogP contribution in [0.15, 0.2) is 12.1 Å². The van der Waals surface area contributed by atoms with E-state index in [1.165, 1.54) is 6.07 Å². The van der Waals surface area contributed by atoms with Crippen LogP contribution in [0.1, 0.15) is 32.4 Å². The predicted molar refractivity (Wildman–Crippen MR) is 92.6 cm³/mol. The van der Waals surface area contributed by atoms with E-state index < -0.39 is 5.75 Å². The minimum Gasteiger partial charge on any atom is -0.504 e. The summed E-state index contributed by atoms with van der Waals surface area (Å²) in [5.41, 5.74) is 0.563. The smallest absolute Gasteiger partial charge is 0.200 e. The molecule has 0 aliphatic carbocycles. The summed E-state index contributed by atoms with van der Waals surface area (Å²) < 4.78 is 0. The Hall–Kier alpha value is -0.880. The normalized spacial score (nSPS) is 17.2. The van der Waals surface area contributed by atoms with Gasteiger partial charge >= 0.3 is 0 Å². The Balaban J connectivity index is 0.00000220. The van der Waals surface area contributed by atoms with E-state index >= 15 is 0 Å². The van der Waals surface area contributed by atoms with E-state index in [4.69, 9.17) is 0 Å². The third kappa shape index (κ3) is 4.32. The molecule has 1 atom stereocenters. The number of aromatic hydroxyl groups is 3. The number of benzene rings is 1. The summed E-state index contributed by atoms with van der Waals surface area (Å²) in [5.74, 6) is -0.949. The SMILES string of the molecule is CC(C)(C)[C@H](c1ccc(O)c(O)c1O)N1CCNCC1.Cl.Cl. The van der Waals surface area contributed by atoms with Crippen molar-refractivity contribution in [2.75, 3.05) is 26.2 Å². The maximum absolute atomic E-state index is 10.2. The van der Waals surface area contributed by atoms with Gasteiger partial charge in [-0.1, -0.05) is 20.8 Å². The van der Waals surface area contributed by atoms with Gasteiger partial charge in [-0.2, -0.15) is 0 Å². The Kier molecular flexibility index (Phi) is 7.78. The Morgan fingerprint density at radius 1 is 1.00 bits per heavy atom. The van der Waals surface area contributed by atoms with Crippen LogP contribution in [0.25, 0.3) is 0 Å². The van der Waals surface area contributed by atoms with Crippen LogP contribution in [-0.4, -0.2) is 46.4 Å². The monoisotopic (exact) mass is 352 g/mol. The average Bonchev–Trinajstić information content (AvgIpc) is 2.39. The van der Waals surface area contributed by atoms with E-state index in [-0.39, 0.29) is 47.8 Å². The van der Waals surface area contributed by atoms with Gasteiger partial charge < -0.3 is 20.6 Å². The molecule has 22 heavy (non-hydrogen) atoms. The topological polar surface area (TPSA) is 76.0 Å². The van der Waals surface area contributed by atoms with E-state index in [1.54, 1.807) is 6.07 Å². The van der Waals surface area contributed by atoms with Crippen LogP contribution >= 0.6 is 24.8 Å². The molecule has 0 saturated carbocycles. The highest BCUT2D eigenvalue weighted by Gasteiger charge is 2.35. The van der Waals surface area contributed by atoms with Gasteiger partial charge in [-0.3, -0.25) is 4.90 Å². The van der Waals surface area contributed by atoms with Gasteiger partial charge in [0, 0.05) is 37.8 Å². The first kappa shape index (κ1) is 21.1. The Morgan fingerprint density at radius 3 is 2.05 bits per heavy atom. The van der Waals surface area contributed by atoms with Gasteiger partial charge in [0.1, 0.15) is 0 Å². The number of hydrogen-bond acceptors (Lipinski definition) is 5. The first-order chi connectivity index (χ1) is 9.32. The molecule has 7 heteroatoms. The fourth-order valence-electron chi connectivity index (χ4n) is 2.96. The molecule has 0 aromatic heterocycles. The maximum atomic E-state index is 10.2. The number of rotatable bonds is 2. The van der Waals surface area contributed by atoms with E-state index in [0.717, 1.165) is 26.2 Å². The second kappa shape index (κ2) is 8.11. The highest BCUT2D eigenvalue weighted by Crippen LogP contribution is 2.46. The molecule has 1 aromatic rings. The van der Waals surface area contributed by atoms with Crippen molar-refractivity contribution < 1.29 is 15.3 Å². The molecule has 1 aliphatic rings. The van der Waals surface area contributed by atoms with Crippen molar-refractivity contribution >= 4 is 24.8 Å². The highest BCUT2D eigenvalue weighted by atomic mass is 35.5.